The van der Waals surface area contributed by atoms with Gasteiger partial charge in [0.15, 0.2) is 0 Å². The number of rotatable bonds is 8. The molecule has 0 aromatic heterocycles. The highest BCUT2D eigenvalue weighted by atomic mass is 16.5. The highest BCUT2D eigenvalue weighted by molar-refractivity contribution is 5.77. The molecule has 0 aromatic rings. The summed E-state index contributed by atoms with van der Waals surface area (Å²) in [6, 6.07) is 0. The first-order valence-corrected chi connectivity index (χ1v) is 5.47. The fourth-order valence-electron chi connectivity index (χ4n) is 1.23. The minimum Gasteiger partial charge on any atom is -0.396 e. The van der Waals surface area contributed by atoms with Crippen LogP contribution in [0.25, 0.3) is 0 Å². The molecule has 0 aliphatic heterocycles. The number of nitrogens with one attached hydrogen (secondary N) is 1. The molecule has 0 spiro atoms. The van der Waals surface area contributed by atoms with Gasteiger partial charge in [-0.2, -0.15) is 0 Å². The largest absolute Gasteiger partial charge is 0.396 e. The van der Waals surface area contributed by atoms with Crippen LogP contribution < -0.4 is 5.32 Å². The van der Waals surface area contributed by atoms with Crippen molar-refractivity contribution in [2.75, 3.05) is 26.4 Å². The lowest BCUT2D eigenvalue weighted by molar-refractivity contribution is -0.126. The molecule has 90 valence electrons. The summed E-state index contributed by atoms with van der Waals surface area (Å²) in [6.07, 6.45) is 1.67. The second-order valence-electron chi connectivity index (χ2n) is 4.41. The Morgan fingerprint density at radius 2 is 2.13 bits per heavy atom. The third kappa shape index (κ3) is 8.39. The van der Waals surface area contributed by atoms with E-state index in [9.17, 15) is 4.79 Å². The Bertz CT molecular complexity index is 181. The number of amides is 1. The maximum atomic E-state index is 11.2. The molecule has 0 fully saturated rings. The van der Waals surface area contributed by atoms with Crippen LogP contribution in [0.2, 0.25) is 0 Å². The van der Waals surface area contributed by atoms with Crippen LogP contribution in [0.5, 0.6) is 0 Å². The van der Waals surface area contributed by atoms with Crippen LogP contribution in [0.1, 0.15) is 33.6 Å². The van der Waals surface area contributed by atoms with Crippen LogP contribution in [-0.4, -0.2) is 37.4 Å². The molecule has 0 rings (SSSR count). The number of aliphatic hydroxyl groups is 1. The Morgan fingerprint density at radius 1 is 1.47 bits per heavy atom. The molecule has 4 heteroatoms. The summed E-state index contributed by atoms with van der Waals surface area (Å²) in [5.74, 6) is -0.0751. The van der Waals surface area contributed by atoms with Crippen LogP contribution in [-0.2, 0) is 9.53 Å². The zero-order valence-corrected chi connectivity index (χ0v) is 10.0. The predicted molar refractivity (Wildman–Crippen MR) is 59.6 cm³/mol. The zero-order chi connectivity index (χ0) is 11.7. The minimum atomic E-state index is -0.0751. The van der Waals surface area contributed by atoms with Gasteiger partial charge in [-0.05, 0) is 25.2 Å². The van der Waals surface area contributed by atoms with Crippen LogP contribution in [0.15, 0.2) is 0 Å². The standard InChI is InChI=1S/C11H23NO3/c1-4-15-8-10(14)12-9-11(2,3)6-5-7-13/h13H,4-9H2,1-3H3,(H,12,14). The first-order valence-electron chi connectivity index (χ1n) is 5.47. The topological polar surface area (TPSA) is 58.6 Å². The number of aliphatic hydroxyl groups excluding tert-OH is 1. The molecule has 0 heterocycles. The Labute approximate surface area is 92.0 Å². The van der Waals surface area contributed by atoms with E-state index >= 15 is 0 Å². The van der Waals surface area contributed by atoms with Crippen LogP contribution in [0.4, 0.5) is 0 Å². The molecule has 2 N–H and O–H groups in total. The number of hydrogen-bond acceptors (Lipinski definition) is 3. The molecule has 0 saturated carbocycles. The summed E-state index contributed by atoms with van der Waals surface area (Å²) >= 11 is 0. The molecule has 0 bridgehead atoms. The average molecular weight is 217 g/mol. The van der Waals surface area contributed by atoms with Gasteiger partial charge >= 0.3 is 0 Å². The lowest BCUT2D eigenvalue weighted by atomic mass is 9.88. The van der Waals surface area contributed by atoms with Gasteiger partial charge in [-0.25, -0.2) is 0 Å². The fraction of sp³-hybridized carbons (Fsp3) is 0.909. The third-order valence-electron chi connectivity index (χ3n) is 2.21. The first-order chi connectivity index (χ1) is 7.02. The van der Waals surface area contributed by atoms with Gasteiger partial charge in [0.1, 0.15) is 6.61 Å². The van der Waals surface area contributed by atoms with Crippen molar-refractivity contribution in [2.24, 2.45) is 5.41 Å². The molecule has 4 nitrogen and oxygen atoms in total. The normalized spacial score (nSPS) is 11.5. The Balaban J connectivity index is 3.67. The summed E-state index contributed by atoms with van der Waals surface area (Å²) in [6.45, 7) is 7.52. The van der Waals surface area contributed by atoms with E-state index in [0.29, 0.717) is 13.2 Å². The maximum absolute atomic E-state index is 11.2. The van der Waals surface area contributed by atoms with Crippen molar-refractivity contribution >= 4 is 5.91 Å². The van der Waals surface area contributed by atoms with E-state index in [-0.39, 0.29) is 24.5 Å². The first kappa shape index (κ1) is 14.4. The van der Waals surface area contributed by atoms with E-state index in [1.165, 1.54) is 0 Å². The fourth-order valence-corrected chi connectivity index (χ4v) is 1.23. The Morgan fingerprint density at radius 3 is 2.67 bits per heavy atom. The maximum Gasteiger partial charge on any atom is 0.246 e. The van der Waals surface area contributed by atoms with Gasteiger partial charge in [-0.15, -0.1) is 0 Å². The van der Waals surface area contributed by atoms with Crippen molar-refractivity contribution < 1.29 is 14.6 Å². The smallest absolute Gasteiger partial charge is 0.246 e. The molecule has 0 atom stereocenters. The number of ether oxygens (including phenoxy) is 1. The van der Waals surface area contributed by atoms with Gasteiger partial charge in [0, 0.05) is 19.8 Å². The van der Waals surface area contributed by atoms with Crippen molar-refractivity contribution in [3.8, 4) is 0 Å². The monoisotopic (exact) mass is 217 g/mol. The molecule has 0 aliphatic carbocycles. The van der Waals surface area contributed by atoms with Crippen molar-refractivity contribution in [2.45, 2.75) is 33.6 Å². The van der Waals surface area contributed by atoms with Crippen molar-refractivity contribution in [1.29, 1.82) is 0 Å². The van der Waals surface area contributed by atoms with E-state index in [2.05, 4.69) is 19.2 Å². The van der Waals surface area contributed by atoms with E-state index in [1.807, 2.05) is 6.92 Å². The van der Waals surface area contributed by atoms with Gasteiger partial charge in [0.25, 0.3) is 0 Å². The van der Waals surface area contributed by atoms with Crippen LogP contribution >= 0.6 is 0 Å². The zero-order valence-electron chi connectivity index (χ0n) is 10.0. The lowest BCUT2D eigenvalue weighted by Crippen LogP contribution is -2.36. The third-order valence-corrected chi connectivity index (χ3v) is 2.21. The van der Waals surface area contributed by atoms with Gasteiger partial charge in [-0.1, -0.05) is 13.8 Å². The highest BCUT2D eigenvalue weighted by Gasteiger charge is 2.17. The lowest BCUT2D eigenvalue weighted by Gasteiger charge is -2.24. The minimum absolute atomic E-state index is 0.0323. The van der Waals surface area contributed by atoms with Crippen LogP contribution in [0.3, 0.4) is 0 Å². The van der Waals surface area contributed by atoms with E-state index in [0.717, 1.165) is 12.8 Å². The molecule has 0 radical (unpaired) electrons. The van der Waals surface area contributed by atoms with Gasteiger partial charge < -0.3 is 15.2 Å². The average Bonchev–Trinajstić information content (AvgIpc) is 2.21. The van der Waals surface area contributed by atoms with E-state index in [4.69, 9.17) is 9.84 Å². The summed E-state index contributed by atoms with van der Waals surface area (Å²) in [5.41, 5.74) is 0.0323. The molecule has 15 heavy (non-hydrogen) atoms. The second kappa shape index (κ2) is 7.65. The molecule has 0 aliphatic rings. The molecular formula is C11H23NO3. The van der Waals surface area contributed by atoms with E-state index < -0.39 is 0 Å². The molecule has 0 saturated heterocycles. The SMILES string of the molecule is CCOCC(=O)NCC(C)(C)CCCO. The van der Waals surface area contributed by atoms with Crippen LogP contribution in [0, 0.1) is 5.41 Å². The van der Waals surface area contributed by atoms with Gasteiger partial charge in [-0.3, -0.25) is 4.79 Å². The molecule has 0 unspecified atom stereocenters. The molecule has 0 aromatic carbocycles. The summed E-state index contributed by atoms with van der Waals surface area (Å²) in [4.78, 5) is 11.2. The van der Waals surface area contributed by atoms with Crippen molar-refractivity contribution in [3.63, 3.8) is 0 Å². The summed E-state index contributed by atoms with van der Waals surface area (Å²) in [5, 5.41) is 11.5. The number of hydrogen-bond donors (Lipinski definition) is 2. The van der Waals surface area contributed by atoms with Gasteiger partial charge in [0.05, 0.1) is 0 Å². The van der Waals surface area contributed by atoms with Crippen molar-refractivity contribution in [1.82, 2.24) is 5.32 Å². The van der Waals surface area contributed by atoms with Gasteiger partial charge in [0.2, 0.25) is 5.91 Å². The molecule has 1 amide bonds. The predicted octanol–water partition coefficient (Wildman–Crippen LogP) is 0.938. The second-order valence-corrected chi connectivity index (χ2v) is 4.41. The van der Waals surface area contributed by atoms with E-state index in [1.54, 1.807) is 0 Å². The number of carbonyl (C=O) groups is 1. The summed E-state index contributed by atoms with van der Waals surface area (Å²) in [7, 11) is 0. The Hall–Kier alpha value is -0.610. The summed E-state index contributed by atoms with van der Waals surface area (Å²) < 4.78 is 4.99. The van der Waals surface area contributed by atoms with Crippen molar-refractivity contribution in [3.05, 3.63) is 0 Å². The highest BCUT2D eigenvalue weighted by Crippen LogP contribution is 2.20. The Kier molecular flexibility index (Phi) is 7.34. The molecular weight excluding hydrogens is 194 g/mol. The quantitative estimate of drug-likeness (QED) is 0.636. The number of carbonyl (C=O) groups excluding carboxylic acids is 1.